The van der Waals surface area contributed by atoms with Crippen LogP contribution >= 0.6 is 37.9 Å². The van der Waals surface area contributed by atoms with Crippen molar-refractivity contribution in [1.82, 2.24) is 39.0 Å². The fraction of sp³-hybridized carbons (Fsp3) is 0.500. The molecule has 43 heavy (non-hydrogen) atoms. The maximum Gasteiger partial charge on any atom is 0.386 e. The van der Waals surface area contributed by atoms with Crippen molar-refractivity contribution in [3.63, 3.8) is 0 Å². The maximum atomic E-state index is 16.2. The normalized spacial score (nSPS) is 38.6. The Morgan fingerprint density at radius 2 is 1.56 bits per heavy atom. The first-order valence-electron chi connectivity index (χ1n) is 12.5. The summed E-state index contributed by atoms with van der Waals surface area (Å²) in [5.74, 6) is 0.0500. The third kappa shape index (κ3) is 4.90. The summed E-state index contributed by atoms with van der Waals surface area (Å²) in [5.41, 5.74) is 3.96. The summed E-state index contributed by atoms with van der Waals surface area (Å²) in [6.45, 7) is -9.90. The van der Waals surface area contributed by atoms with E-state index in [9.17, 15) is 13.9 Å². The van der Waals surface area contributed by atoms with Gasteiger partial charge in [-0.3, -0.25) is 27.5 Å². The number of hydrogen-bond donors (Lipinski definition) is 4. The molecule has 2 unspecified atom stereocenters. The second-order valence-electron chi connectivity index (χ2n) is 9.84. The number of H-pyrrole nitrogens is 1. The van der Waals surface area contributed by atoms with Crippen molar-refractivity contribution in [2.45, 2.75) is 48.8 Å². The molecule has 7 heterocycles. The minimum atomic E-state index is -4.38. The summed E-state index contributed by atoms with van der Waals surface area (Å²) in [6.07, 6.45) is -6.70. The first-order chi connectivity index (χ1) is 20.4. The molecule has 10 atom stereocenters. The lowest BCUT2D eigenvalue weighted by Crippen LogP contribution is -2.34. The Labute approximate surface area is 249 Å². The van der Waals surface area contributed by atoms with E-state index in [-0.39, 0.29) is 28.1 Å². The second-order valence-corrected chi connectivity index (χ2v) is 16.4. The zero-order valence-electron chi connectivity index (χ0n) is 21.4. The predicted molar refractivity (Wildman–Crippen MR) is 149 cm³/mol. The van der Waals surface area contributed by atoms with Crippen LogP contribution in [-0.4, -0.2) is 88.6 Å². The van der Waals surface area contributed by atoms with E-state index in [2.05, 4.69) is 54.4 Å². The Bertz CT molecular complexity index is 1880. The number of halogens is 2. The number of hydrogen-bond acceptors (Lipinski definition) is 14. The van der Waals surface area contributed by atoms with Gasteiger partial charge in [-0.05, 0) is 0 Å². The van der Waals surface area contributed by atoms with Crippen molar-refractivity contribution in [2.75, 3.05) is 18.9 Å². The van der Waals surface area contributed by atoms with Crippen molar-refractivity contribution in [1.29, 1.82) is 0 Å². The Morgan fingerprint density at radius 1 is 0.907 bits per heavy atom. The van der Waals surface area contributed by atoms with Crippen LogP contribution in [0.5, 0.6) is 0 Å². The number of aromatic amines is 1. The van der Waals surface area contributed by atoms with Gasteiger partial charge < -0.3 is 24.7 Å². The number of nitrogen functional groups attached to an aromatic ring is 1. The molecule has 0 aliphatic carbocycles. The van der Waals surface area contributed by atoms with Crippen LogP contribution < -0.4 is 11.3 Å². The van der Waals surface area contributed by atoms with Gasteiger partial charge in [0.05, 0.1) is 38.3 Å². The van der Waals surface area contributed by atoms with Crippen LogP contribution in [0.2, 0.25) is 0 Å². The number of anilines is 1. The number of aromatic nitrogens is 8. The lowest BCUT2D eigenvalue weighted by atomic mass is 10.1. The van der Waals surface area contributed by atoms with Gasteiger partial charge in [0.2, 0.25) is 0 Å². The fourth-order valence-corrected chi connectivity index (χ4v) is 9.48. The smallest absolute Gasteiger partial charge is 0.382 e. The largest absolute Gasteiger partial charge is 0.386 e. The van der Waals surface area contributed by atoms with Crippen LogP contribution in [0, 0.1) is 0 Å². The Morgan fingerprint density at radius 3 is 2.33 bits per heavy atom. The quantitative estimate of drug-likeness (QED) is 0.176. The van der Waals surface area contributed by atoms with Gasteiger partial charge in [0, 0.05) is 0 Å². The minimum Gasteiger partial charge on any atom is -0.382 e. The SMILES string of the molecule is Nc1ncnc2c1ncn2[C@@H]1O[C@@H]2COP(=O)(S)O[C@H]3[C@@H](F)[C@H](n4cnc5c(=O)[nH]cnc54)O[C@@H]3COP(=O)(S)[C@H]2[C@H]1F. The lowest BCUT2D eigenvalue weighted by molar-refractivity contribution is -0.0402. The summed E-state index contributed by atoms with van der Waals surface area (Å²) >= 11 is 8.17. The van der Waals surface area contributed by atoms with Crippen LogP contribution in [0.15, 0.2) is 30.1 Å². The number of thiol groups is 2. The molecule has 0 radical (unpaired) electrons. The Kier molecular flexibility index (Phi) is 7.18. The van der Waals surface area contributed by atoms with E-state index in [0.717, 1.165) is 23.5 Å². The highest BCUT2D eigenvalue weighted by Crippen LogP contribution is 2.65. The first kappa shape index (κ1) is 29.2. The summed E-state index contributed by atoms with van der Waals surface area (Å²) < 4.78 is 89.7. The molecule has 3 N–H and O–H groups in total. The Balaban J connectivity index is 1.20. The molecule has 3 fully saturated rings. The number of fused-ring (bicyclic) bond motifs is 4. The van der Waals surface area contributed by atoms with Gasteiger partial charge in [-0.25, -0.2) is 38.3 Å². The molecular formula is C20H21F2N9O8P2S2. The molecule has 3 aliphatic heterocycles. The summed E-state index contributed by atoms with van der Waals surface area (Å²) in [4.78, 5) is 34.5. The molecule has 0 saturated carbocycles. The average molecular weight is 680 g/mol. The standard InChI is InChI=1S/C20H21F2N9O8P2S2/c21-9-13-7(37-19(9)31-6-29-12-17(31)26-4-27-18(12)32)1-35-40(33,42)14-8(2-36-41(34,43)39-13)38-20(10(14)22)30-5-28-11-15(23)24-3-25-16(11)30/h3-10,13-14,19-20H,1-2H2,(H,33,42)(H,34,43)(H2,23,24,25)(H,26,27,32)/t7-,8-,9-,10-,13-,14-,19-,20-,40?,41?/m1/s1. The van der Waals surface area contributed by atoms with Gasteiger partial charge in [0.25, 0.3) is 12.1 Å². The van der Waals surface area contributed by atoms with E-state index in [0.29, 0.717) is 0 Å². The van der Waals surface area contributed by atoms with Crippen molar-refractivity contribution >= 4 is 66.0 Å². The van der Waals surface area contributed by atoms with E-state index in [1.54, 1.807) is 0 Å². The number of alkyl halides is 2. The molecule has 0 spiro atoms. The summed E-state index contributed by atoms with van der Waals surface area (Å²) in [5, 5.41) is 0. The lowest BCUT2D eigenvalue weighted by Gasteiger charge is -2.25. The van der Waals surface area contributed by atoms with Gasteiger partial charge in [0.1, 0.15) is 29.7 Å². The van der Waals surface area contributed by atoms with Crippen molar-refractivity contribution in [2.24, 2.45) is 0 Å². The van der Waals surface area contributed by atoms with Gasteiger partial charge >= 0.3 is 6.80 Å². The molecule has 0 amide bonds. The average Bonchev–Trinajstić information content (AvgIpc) is 3.71. The Hall–Kier alpha value is -2.48. The monoisotopic (exact) mass is 679 g/mol. The summed E-state index contributed by atoms with van der Waals surface area (Å²) in [7, 11) is 0. The highest BCUT2D eigenvalue weighted by molar-refractivity contribution is 8.46. The first-order valence-corrected chi connectivity index (χ1v) is 18.0. The third-order valence-electron chi connectivity index (χ3n) is 7.32. The molecule has 4 aromatic heterocycles. The second kappa shape index (κ2) is 10.6. The molecule has 0 bridgehead atoms. The zero-order chi connectivity index (χ0) is 30.3. The van der Waals surface area contributed by atoms with E-state index in [1.165, 1.54) is 10.9 Å². The van der Waals surface area contributed by atoms with Crippen molar-refractivity contribution in [3.8, 4) is 0 Å². The van der Waals surface area contributed by atoms with Gasteiger partial charge in [0.15, 0.2) is 47.4 Å². The van der Waals surface area contributed by atoms with Gasteiger partial charge in [-0.2, -0.15) is 0 Å². The zero-order valence-corrected chi connectivity index (χ0v) is 24.9. The molecule has 0 aromatic carbocycles. The molecule has 17 nitrogen and oxygen atoms in total. The maximum absolute atomic E-state index is 16.2. The van der Waals surface area contributed by atoms with Crippen molar-refractivity contribution < 1.29 is 41.0 Å². The van der Waals surface area contributed by atoms with Crippen LogP contribution in [0.1, 0.15) is 12.5 Å². The topological polar surface area (TPSA) is 213 Å². The number of nitrogens with zero attached hydrogens (tertiary/aromatic N) is 7. The van der Waals surface area contributed by atoms with Crippen molar-refractivity contribution in [3.05, 3.63) is 35.7 Å². The minimum absolute atomic E-state index is 0.000630. The number of nitrogens with two attached hydrogens (primary N) is 1. The molecule has 23 heteroatoms. The molecule has 230 valence electrons. The number of nitrogens with one attached hydrogen (secondary N) is 1. The molecule has 3 aliphatic rings. The number of ether oxygens (including phenoxy) is 2. The molecular weight excluding hydrogens is 658 g/mol. The highest BCUT2D eigenvalue weighted by Gasteiger charge is 2.57. The molecule has 3 saturated heterocycles. The number of rotatable bonds is 2. The van der Waals surface area contributed by atoms with E-state index >= 15 is 8.78 Å². The van der Waals surface area contributed by atoms with Crippen LogP contribution in [-0.2, 0) is 32.2 Å². The van der Waals surface area contributed by atoms with E-state index < -0.39 is 80.9 Å². The van der Waals surface area contributed by atoms with E-state index in [1.807, 2.05) is 0 Å². The highest BCUT2D eigenvalue weighted by atomic mass is 32.7. The predicted octanol–water partition coefficient (Wildman–Crippen LogP) is 1.97. The fourth-order valence-electron chi connectivity index (χ4n) is 5.36. The van der Waals surface area contributed by atoms with Gasteiger partial charge in [-0.15, -0.1) is 0 Å². The third-order valence-corrected chi connectivity index (χ3v) is 12.0. The van der Waals surface area contributed by atoms with Crippen LogP contribution in [0.25, 0.3) is 22.3 Å². The number of imidazole rings is 2. The molecule has 7 rings (SSSR count). The van der Waals surface area contributed by atoms with Crippen LogP contribution in [0.4, 0.5) is 14.6 Å². The van der Waals surface area contributed by atoms with E-state index in [4.69, 9.17) is 28.8 Å². The van der Waals surface area contributed by atoms with Gasteiger partial charge in [-0.1, -0.05) is 24.5 Å². The molecule has 4 aromatic rings. The van der Waals surface area contributed by atoms with Crippen LogP contribution in [0.3, 0.4) is 0 Å². The summed E-state index contributed by atoms with van der Waals surface area (Å²) in [6, 6.07) is 0.